The highest BCUT2D eigenvalue weighted by atomic mass is 16.5. The predicted molar refractivity (Wildman–Crippen MR) is 75.7 cm³/mol. The molecule has 0 radical (unpaired) electrons. The van der Waals surface area contributed by atoms with E-state index in [1.165, 1.54) is 5.56 Å². The summed E-state index contributed by atoms with van der Waals surface area (Å²) >= 11 is 0. The van der Waals surface area contributed by atoms with Crippen LogP contribution in [0.15, 0.2) is 28.8 Å². The van der Waals surface area contributed by atoms with Gasteiger partial charge in [-0.15, -0.1) is 0 Å². The van der Waals surface area contributed by atoms with Crippen molar-refractivity contribution >= 4 is 0 Å². The topological polar surface area (TPSA) is 64.9 Å². The fourth-order valence-corrected chi connectivity index (χ4v) is 2.00. The lowest BCUT2D eigenvalue weighted by molar-refractivity contribution is 0.414. The number of nitrogens with zero attached hydrogens (tertiary/aromatic N) is 2. The molecule has 0 fully saturated rings. The molecule has 0 aliphatic heterocycles. The van der Waals surface area contributed by atoms with E-state index >= 15 is 0 Å². The van der Waals surface area contributed by atoms with Crippen molar-refractivity contribution in [3.63, 3.8) is 0 Å². The Balaban J connectivity index is 2.45. The van der Waals surface area contributed by atoms with Crippen molar-refractivity contribution in [2.45, 2.75) is 45.6 Å². The van der Waals surface area contributed by atoms with Gasteiger partial charge in [0, 0.05) is 5.56 Å². The molecule has 2 N–H and O–H groups in total. The normalized spacial score (nSPS) is 13.5. The standard InChI is InChI=1S/C15H21N3O/c1-5-12(16)13-17-14(19-18-13)10-8-6-7-9-11(10)15(2,3)4/h6-9,12H,5,16H2,1-4H3. The fraction of sp³-hybridized carbons (Fsp3) is 0.467. The molecule has 4 heteroatoms. The Bertz CT molecular complexity index is 555. The highest BCUT2D eigenvalue weighted by Crippen LogP contribution is 2.32. The van der Waals surface area contributed by atoms with Gasteiger partial charge in [0.15, 0.2) is 5.82 Å². The minimum Gasteiger partial charge on any atom is -0.334 e. The van der Waals surface area contributed by atoms with Crippen LogP contribution in [0.2, 0.25) is 0 Å². The minimum atomic E-state index is -0.167. The van der Waals surface area contributed by atoms with Gasteiger partial charge in [0.2, 0.25) is 0 Å². The predicted octanol–water partition coefficient (Wildman–Crippen LogP) is 3.44. The molecular weight excluding hydrogens is 238 g/mol. The molecule has 102 valence electrons. The molecule has 0 aliphatic rings. The molecule has 2 rings (SSSR count). The van der Waals surface area contributed by atoms with Crippen molar-refractivity contribution < 1.29 is 4.52 Å². The van der Waals surface area contributed by atoms with Gasteiger partial charge in [-0.2, -0.15) is 4.98 Å². The third kappa shape index (κ3) is 2.84. The summed E-state index contributed by atoms with van der Waals surface area (Å²) in [6.07, 6.45) is 0.792. The van der Waals surface area contributed by atoms with E-state index in [0.717, 1.165) is 12.0 Å². The summed E-state index contributed by atoms with van der Waals surface area (Å²) in [4.78, 5) is 4.42. The van der Waals surface area contributed by atoms with Gasteiger partial charge in [0.05, 0.1) is 6.04 Å². The number of rotatable bonds is 3. The molecule has 19 heavy (non-hydrogen) atoms. The maximum atomic E-state index is 5.92. The Kier molecular flexibility index (Phi) is 3.71. The van der Waals surface area contributed by atoms with Gasteiger partial charge in [-0.05, 0) is 23.5 Å². The summed E-state index contributed by atoms with van der Waals surface area (Å²) in [5.74, 6) is 1.12. The lowest BCUT2D eigenvalue weighted by atomic mass is 9.84. The third-order valence-electron chi connectivity index (χ3n) is 3.18. The molecule has 1 heterocycles. The molecule has 0 aliphatic carbocycles. The highest BCUT2D eigenvalue weighted by Gasteiger charge is 2.22. The number of benzene rings is 1. The second-order valence-electron chi connectivity index (χ2n) is 5.77. The summed E-state index contributed by atoms with van der Waals surface area (Å²) in [5, 5.41) is 3.98. The lowest BCUT2D eigenvalue weighted by Gasteiger charge is -2.21. The van der Waals surface area contributed by atoms with Crippen molar-refractivity contribution in [2.75, 3.05) is 0 Å². The van der Waals surface area contributed by atoms with E-state index in [1.54, 1.807) is 0 Å². The number of hydrogen-bond donors (Lipinski definition) is 1. The Morgan fingerprint density at radius 2 is 1.95 bits per heavy atom. The molecule has 1 atom stereocenters. The molecule has 0 saturated heterocycles. The monoisotopic (exact) mass is 259 g/mol. The van der Waals surface area contributed by atoms with Crippen LogP contribution in [0.25, 0.3) is 11.5 Å². The molecule has 1 aromatic carbocycles. The summed E-state index contributed by atoms with van der Waals surface area (Å²) in [6, 6.07) is 7.95. The fourth-order valence-electron chi connectivity index (χ4n) is 2.00. The van der Waals surface area contributed by atoms with Gasteiger partial charge < -0.3 is 10.3 Å². The number of nitrogens with two attached hydrogens (primary N) is 1. The smallest absolute Gasteiger partial charge is 0.258 e. The van der Waals surface area contributed by atoms with E-state index in [9.17, 15) is 0 Å². The maximum absolute atomic E-state index is 5.92. The van der Waals surface area contributed by atoms with Crippen LogP contribution in [0.1, 0.15) is 51.5 Å². The summed E-state index contributed by atoms with van der Waals surface area (Å²) in [5.41, 5.74) is 8.12. The Hall–Kier alpha value is -1.68. The summed E-state index contributed by atoms with van der Waals surface area (Å²) < 4.78 is 5.37. The van der Waals surface area contributed by atoms with Gasteiger partial charge in [-0.25, -0.2) is 0 Å². The van der Waals surface area contributed by atoms with Crippen molar-refractivity contribution in [3.8, 4) is 11.5 Å². The molecule has 0 spiro atoms. The van der Waals surface area contributed by atoms with E-state index in [4.69, 9.17) is 10.3 Å². The van der Waals surface area contributed by atoms with Crippen LogP contribution in [0.3, 0.4) is 0 Å². The van der Waals surface area contributed by atoms with E-state index in [0.29, 0.717) is 11.7 Å². The Morgan fingerprint density at radius 1 is 1.26 bits per heavy atom. The summed E-state index contributed by atoms with van der Waals surface area (Å²) in [6.45, 7) is 8.51. The molecular formula is C15H21N3O. The van der Waals surface area contributed by atoms with Crippen LogP contribution in [-0.2, 0) is 5.41 Å². The van der Waals surface area contributed by atoms with E-state index in [2.05, 4.69) is 37.0 Å². The molecule has 1 aromatic heterocycles. The zero-order chi connectivity index (χ0) is 14.0. The first-order valence-electron chi connectivity index (χ1n) is 6.62. The molecule has 4 nitrogen and oxygen atoms in total. The van der Waals surface area contributed by atoms with Crippen molar-refractivity contribution in [1.82, 2.24) is 10.1 Å². The molecule has 0 saturated carbocycles. The Morgan fingerprint density at radius 3 is 2.58 bits per heavy atom. The lowest BCUT2D eigenvalue weighted by Crippen LogP contribution is -2.13. The van der Waals surface area contributed by atoms with Crippen molar-refractivity contribution in [3.05, 3.63) is 35.7 Å². The SMILES string of the molecule is CCC(N)c1noc(-c2ccccc2C(C)(C)C)n1. The average molecular weight is 259 g/mol. The second kappa shape index (κ2) is 5.13. The van der Waals surface area contributed by atoms with Crippen LogP contribution in [0, 0.1) is 0 Å². The van der Waals surface area contributed by atoms with Crippen LogP contribution < -0.4 is 5.73 Å². The third-order valence-corrected chi connectivity index (χ3v) is 3.18. The van der Waals surface area contributed by atoms with E-state index in [-0.39, 0.29) is 11.5 Å². The first kappa shape index (κ1) is 13.7. The Labute approximate surface area is 114 Å². The zero-order valence-electron chi connectivity index (χ0n) is 12.0. The molecule has 0 bridgehead atoms. The average Bonchev–Trinajstić information content (AvgIpc) is 2.86. The van der Waals surface area contributed by atoms with Crippen LogP contribution in [-0.4, -0.2) is 10.1 Å². The van der Waals surface area contributed by atoms with E-state index < -0.39 is 0 Å². The van der Waals surface area contributed by atoms with Gasteiger partial charge >= 0.3 is 0 Å². The van der Waals surface area contributed by atoms with Gasteiger partial charge in [0.1, 0.15) is 0 Å². The second-order valence-corrected chi connectivity index (χ2v) is 5.77. The van der Waals surface area contributed by atoms with Crippen molar-refractivity contribution in [2.24, 2.45) is 5.73 Å². The van der Waals surface area contributed by atoms with Gasteiger partial charge in [-0.1, -0.05) is 51.1 Å². The molecule has 2 aromatic rings. The van der Waals surface area contributed by atoms with Gasteiger partial charge in [-0.3, -0.25) is 0 Å². The molecule has 0 amide bonds. The van der Waals surface area contributed by atoms with Crippen molar-refractivity contribution in [1.29, 1.82) is 0 Å². The first-order chi connectivity index (χ1) is 8.93. The zero-order valence-corrected chi connectivity index (χ0v) is 12.0. The van der Waals surface area contributed by atoms with E-state index in [1.807, 2.05) is 25.1 Å². The first-order valence-corrected chi connectivity index (χ1v) is 6.62. The summed E-state index contributed by atoms with van der Waals surface area (Å²) in [7, 11) is 0. The largest absolute Gasteiger partial charge is 0.334 e. The maximum Gasteiger partial charge on any atom is 0.258 e. The molecule has 1 unspecified atom stereocenters. The highest BCUT2D eigenvalue weighted by molar-refractivity contribution is 5.60. The van der Waals surface area contributed by atoms with Crippen LogP contribution >= 0.6 is 0 Å². The quantitative estimate of drug-likeness (QED) is 0.917. The van der Waals surface area contributed by atoms with Crippen LogP contribution in [0.4, 0.5) is 0 Å². The minimum absolute atomic E-state index is 0.0259. The van der Waals surface area contributed by atoms with Gasteiger partial charge in [0.25, 0.3) is 5.89 Å². The van der Waals surface area contributed by atoms with Crippen LogP contribution in [0.5, 0.6) is 0 Å². The number of hydrogen-bond acceptors (Lipinski definition) is 4. The number of aromatic nitrogens is 2.